The molecule has 0 aliphatic rings. The van der Waals surface area contributed by atoms with E-state index in [1.807, 2.05) is 0 Å². The summed E-state index contributed by atoms with van der Waals surface area (Å²) >= 11 is 3.00. The lowest BCUT2D eigenvalue weighted by Crippen LogP contribution is -2.12. The van der Waals surface area contributed by atoms with Crippen molar-refractivity contribution in [3.05, 3.63) is 38.3 Å². The van der Waals surface area contributed by atoms with E-state index in [9.17, 15) is 19.7 Å². The smallest absolute Gasteiger partial charge is 0.346 e. The zero-order valence-electron chi connectivity index (χ0n) is 9.51. The van der Waals surface area contributed by atoms with Gasteiger partial charge in [-0.1, -0.05) is 6.92 Å². The first-order valence-electron chi connectivity index (χ1n) is 5.14. The second kappa shape index (κ2) is 6.25. The van der Waals surface area contributed by atoms with Gasteiger partial charge in [-0.2, -0.15) is 0 Å². The summed E-state index contributed by atoms with van der Waals surface area (Å²) in [6, 6.07) is 3.77. The van der Waals surface area contributed by atoms with E-state index < -0.39 is 16.9 Å². The van der Waals surface area contributed by atoms with Crippen LogP contribution in [-0.2, 0) is 9.53 Å². The molecule has 0 unspecified atom stereocenters. The minimum Gasteiger partial charge on any atom is -0.389 e. The van der Waals surface area contributed by atoms with Crippen LogP contribution in [0.3, 0.4) is 0 Å². The molecule has 0 saturated carbocycles. The lowest BCUT2D eigenvalue weighted by Gasteiger charge is -2.02. The molecule has 0 radical (unpaired) electrons. The number of carbonyl (C=O) groups excluding carboxylic acids is 2. The zero-order chi connectivity index (χ0) is 13.7. The molecule has 0 atom stereocenters. The van der Waals surface area contributed by atoms with E-state index in [1.165, 1.54) is 12.1 Å². The van der Waals surface area contributed by atoms with Crippen LogP contribution in [-0.4, -0.2) is 16.9 Å². The highest BCUT2D eigenvalue weighted by Crippen LogP contribution is 2.25. The van der Waals surface area contributed by atoms with Crippen molar-refractivity contribution in [3.8, 4) is 0 Å². The Morgan fingerprint density at radius 2 is 2.11 bits per heavy atom. The standard InChI is InChI=1S/C11H10BrNO5/c1-2-3-10(14)18-11(15)7-4-5-8(12)9(6-7)13(16)17/h4-6H,2-3H2,1H3. The summed E-state index contributed by atoms with van der Waals surface area (Å²) in [5, 5.41) is 10.7. The Hall–Kier alpha value is -1.76. The SMILES string of the molecule is CCCC(=O)OC(=O)c1ccc(Br)c([N+](=O)[O-])c1. The van der Waals surface area contributed by atoms with Gasteiger partial charge in [-0.3, -0.25) is 14.9 Å². The van der Waals surface area contributed by atoms with Gasteiger partial charge in [0, 0.05) is 12.5 Å². The number of halogens is 1. The summed E-state index contributed by atoms with van der Waals surface area (Å²) in [7, 11) is 0. The molecule has 0 saturated heterocycles. The fraction of sp³-hybridized carbons (Fsp3) is 0.273. The minimum absolute atomic E-state index is 0.0330. The van der Waals surface area contributed by atoms with Crippen LogP contribution in [0.5, 0.6) is 0 Å². The first-order chi connectivity index (χ1) is 8.45. The van der Waals surface area contributed by atoms with Crippen molar-refractivity contribution < 1.29 is 19.2 Å². The van der Waals surface area contributed by atoms with Gasteiger partial charge < -0.3 is 4.74 Å². The van der Waals surface area contributed by atoms with E-state index in [0.717, 1.165) is 6.07 Å². The van der Waals surface area contributed by atoms with Gasteiger partial charge in [0.2, 0.25) is 0 Å². The van der Waals surface area contributed by atoms with Crippen LogP contribution >= 0.6 is 15.9 Å². The van der Waals surface area contributed by atoms with Gasteiger partial charge in [0.1, 0.15) is 0 Å². The van der Waals surface area contributed by atoms with Gasteiger partial charge in [0.05, 0.1) is 15.0 Å². The molecule has 0 N–H and O–H groups in total. The van der Waals surface area contributed by atoms with Crippen LogP contribution < -0.4 is 0 Å². The number of nitrogens with zero attached hydrogens (tertiary/aromatic N) is 1. The monoisotopic (exact) mass is 315 g/mol. The van der Waals surface area contributed by atoms with E-state index >= 15 is 0 Å². The van der Waals surface area contributed by atoms with Crippen LogP contribution in [0, 0.1) is 10.1 Å². The van der Waals surface area contributed by atoms with Crippen molar-refractivity contribution in [2.75, 3.05) is 0 Å². The molecule has 0 bridgehead atoms. The van der Waals surface area contributed by atoms with Crippen LogP contribution in [0.25, 0.3) is 0 Å². The summed E-state index contributed by atoms with van der Waals surface area (Å²) < 4.78 is 4.79. The van der Waals surface area contributed by atoms with E-state index in [0.29, 0.717) is 6.42 Å². The topological polar surface area (TPSA) is 86.5 Å². The van der Waals surface area contributed by atoms with Gasteiger partial charge in [0.15, 0.2) is 0 Å². The molecular weight excluding hydrogens is 306 g/mol. The third-order valence-corrected chi connectivity index (χ3v) is 2.71. The number of benzene rings is 1. The van der Waals surface area contributed by atoms with Gasteiger partial charge >= 0.3 is 11.9 Å². The molecule has 1 rings (SSSR count). The van der Waals surface area contributed by atoms with Crippen molar-refractivity contribution >= 4 is 33.6 Å². The Morgan fingerprint density at radius 1 is 1.44 bits per heavy atom. The summed E-state index contributed by atoms with van der Waals surface area (Å²) in [6.45, 7) is 1.77. The number of ether oxygens (including phenoxy) is 1. The van der Waals surface area contributed by atoms with Crippen LogP contribution in [0.15, 0.2) is 22.7 Å². The van der Waals surface area contributed by atoms with Gasteiger partial charge in [-0.05, 0) is 34.5 Å². The summed E-state index contributed by atoms with van der Waals surface area (Å²) in [6.07, 6.45) is 0.691. The highest BCUT2D eigenvalue weighted by atomic mass is 79.9. The molecule has 1 aromatic carbocycles. The largest absolute Gasteiger partial charge is 0.389 e. The predicted octanol–water partition coefficient (Wildman–Crippen LogP) is 2.84. The second-order valence-corrected chi connectivity index (χ2v) is 4.29. The Balaban J connectivity index is 2.90. The van der Waals surface area contributed by atoms with Crippen LogP contribution in [0.2, 0.25) is 0 Å². The quantitative estimate of drug-likeness (QED) is 0.369. The molecule has 96 valence electrons. The minimum atomic E-state index is -0.885. The Kier molecular flexibility index (Phi) is 4.96. The van der Waals surface area contributed by atoms with E-state index in [4.69, 9.17) is 0 Å². The fourth-order valence-corrected chi connectivity index (χ4v) is 1.59. The normalized spacial score (nSPS) is 9.89. The number of carbonyl (C=O) groups is 2. The maximum Gasteiger partial charge on any atom is 0.346 e. The number of nitro benzene ring substituents is 1. The van der Waals surface area contributed by atoms with Crippen LogP contribution in [0.1, 0.15) is 30.1 Å². The Bertz CT molecular complexity index is 500. The summed E-state index contributed by atoms with van der Waals surface area (Å²) in [5.74, 6) is -1.53. The van der Waals surface area contributed by atoms with Gasteiger partial charge in [-0.25, -0.2) is 4.79 Å². The molecule has 7 heteroatoms. The highest BCUT2D eigenvalue weighted by molar-refractivity contribution is 9.10. The average Bonchev–Trinajstić information content (AvgIpc) is 2.29. The number of esters is 2. The maximum atomic E-state index is 11.5. The molecule has 6 nitrogen and oxygen atoms in total. The van der Waals surface area contributed by atoms with Crippen molar-refractivity contribution in [3.63, 3.8) is 0 Å². The fourth-order valence-electron chi connectivity index (χ4n) is 1.20. The van der Waals surface area contributed by atoms with Crippen molar-refractivity contribution in [2.45, 2.75) is 19.8 Å². The predicted molar refractivity (Wildman–Crippen MR) is 66.1 cm³/mol. The lowest BCUT2D eigenvalue weighted by atomic mass is 10.2. The molecule has 0 amide bonds. The van der Waals surface area contributed by atoms with Gasteiger partial charge in [-0.15, -0.1) is 0 Å². The number of hydrogen-bond acceptors (Lipinski definition) is 5. The molecule has 0 fully saturated rings. The first kappa shape index (κ1) is 14.3. The van der Waals surface area contributed by atoms with Crippen molar-refractivity contribution in [1.29, 1.82) is 0 Å². The second-order valence-electron chi connectivity index (χ2n) is 3.43. The summed E-state index contributed by atoms with van der Waals surface area (Å²) in [4.78, 5) is 32.7. The zero-order valence-corrected chi connectivity index (χ0v) is 11.1. The molecule has 0 heterocycles. The molecule has 0 spiro atoms. The third kappa shape index (κ3) is 3.63. The van der Waals surface area contributed by atoms with E-state index in [2.05, 4.69) is 20.7 Å². The molecule has 18 heavy (non-hydrogen) atoms. The third-order valence-electron chi connectivity index (χ3n) is 2.04. The molecule has 0 aromatic heterocycles. The average molecular weight is 316 g/mol. The number of hydrogen-bond donors (Lipinski definition) is 0. The summed E-state index contributed by atoms with van der Waals surface area (Å²) in [5.41, 5.74) is -0.290. The van der Waals surface area contributed by atoms with Crippen molar-refractivity contribution in [1.82, 2.24) is 0 Å². The molecule has 0 aliphatic carbocycles. The highest BCUT2D eigenvalue weighted by Gasteiger charge is 2.18. The Morgan fingerprint density at radius 3 is 2.67 bits per heavy atom. The van der Waals surface area contributed by atoms with E-state index in [1.54, 1.807) is 6.92 Å². The van der Waals surface area contributed by atoms with Crippen molar-refractivity contribution in [2.24, 2.45) is 0 Å². The van der Waals surface area contributed by atoms with E-state index in [-0.39, 0.29) is 22.1 Å². The van der Waals surface area contributed by atoms with Crippen LogP contribution in [0.4, 0.5) is 5.69 Å². The first-order valence-corrected chi connectivity index (χ1v) is 5.94. The molecular formula is C11H10BrNO5. The maximum absolute atomic E-state index is 11.5. The number of rotatable bonds is 4. The van der Waals surface area contributed by atoms with Gasteiger partial charge in [0.25, 0.3) is 5.69 Å². The number of nitro groups is 1. The Labute approximate surface area is 111 Å². The molecule has 1 aromatic rings. The molecule has 0 aliphatic heterocycles. The lowest BCUT2D eigenvalue weighted by molar-refractivity contribution is -0.385.